The molecule has 0 radical (unpaired) electrons. The number of fused-ring (bicyclic) bond motifs is 10. The van der Waals surface area contributed by atoms with Crippen LogP contribution in [0.15, 0.2) is 176 Å². The molecular formula is C66H57N4OPt-3. The summed E-state index contributed by atoms with van der Waals surface area (Å²) in [7, 11) is 0. The van der Waals surface area contributed by atoms with Crippen molar-refractivity contribution in [1.29, 1.82) is 0 Å². The molecule has 1 aliphatic heterocycles. The fourth-order valence-electron chi connectivity index (χ4n) is 10.5. The molecule has 0 saturated heterocycles. The molecule has 72 heavy (non-hydrogen) atoms. The topological polar surface area (TPSA) is 35.2 Å². The molecule has 11 aromatic rings. The molecule has 0 fully saturated rings. The molecule has 3 aromatic heterocycles. The van der Waals surface area contributed by atoms with Gasteiger partial charge in [-0.25, -0.2) is 4.98 Å². The van der Waals surface area contributed by atoms with Crippen molar-refractivity contribution in [2.24, 2.45) is 0 Å². The standard InChI is InChI=1S/C66H57N4O.Pt/c1-64(2,3)43-20-16-19-42(35-43)56-36-45(66(7,8)9)37-57-52-26-13-11-24-50(52)49-23-10-12-25-51(49)55-28-18-30-59-63(55)69(62(56)57)41-68(59)46-21-17-22-47(39-46)71-48-31-32-54-53-27-14-15-29-58(53)70(60(54)40-48)61-38-44(33-34-67-61)65(4,5)6;/h10-38,41H,1-9H3;/q-3;. The molecule has 0 unspecified atom stereocenters. The van der Waals surface area contributed by atoms with E-state index in [9.17, 15) is 0 Å². The summed E-state index contributed by atoms with van der Waals surface area (Å²) in [6.07, 6.45) is 1.91. The van der Waals surface area contributed by atoms with Crippen LogP contribution in [0, 0.1) is 18.8 Å². The number of pyridine rings is 1. The van der Waals surface area contributed by atoms with E-state index in [1.807, 2.05) is 18.3 Å². The summed E-state index contributed by atoms with van der Waals surface area (Å²) < 4.78 is 11.4. The second kappa shape index (κ2) is 17.5. The second-order valence-electron chi connectivity index (χ2n) is 22.2. The van der Waals surface area contributed by atoms with Crippen molar-refractivity contribution in [3.05, 3.63) is 212 Å². The summed E-state index contributed by atoms with van der Waals surface area (Å²) in [5, 5.41) is 9.36. The molecule has 0 aliphatic carbocycles. The van der Waals surface area contributed by atoms with E-state index in [-0.39, 0.29) is 37.3 Å². The number of ether oxygens (including phenoxy) is 1. The van der Waals surface area contributed by atoms with E-state index in [0.717, 1.165) is 55.4 Å². The number of rotatable bonds is 5. The Hall–Kier alpha value is -7.33. The van der Waals surface area contributed by atoms with Gasteiger partial charge in [-0.05, 0) is 124 Å². The largest absolute Gasteiger partial charge is 0.509 e. The maximum atomic E-state index is 6.79. The van der Waals surface area contributed by atoms with Crippen molar-refractivity contribution in [3.8, 4) is 28.4 Å². The zero-order valence-electron chi connectivity index (χ0n) is 42.3. The predicted octanol–water partition coefficient (Wildman–Crippen LogP) is 17.8. The van der Waals surface area contributed by atoms with Crippen LogP contribution in [0.2, 0.25) is 0 Å². The van der Waals surface area contributed by atoms with E-state index < -0.39 is 0 Å². The molecule has 1 aliphatic rings. The molecule has 0 atom stereocenters. The number of benzene rings is 8. The van der Waals surface area contributed by atoms with E-state index in [0.29, 0.717) is 11.5 Å². The van der Waals surface area contributed by atoms with Gasteiger partial charge < -0.3 is 18.8 Å². The first-order valence-electron chi connectivity index (χ1n) is 24.8. The number of hydrogen-bond donors (Lipinski definition) is 0. The van der Waals surface area contributed by atoms with Gasteiger partial charge in [-0.2, -0.15) is 12.1 Å². The summed E-state index contributed by atoms with van der Waals surface area (Å²) >= 11 is 0. The predicted molar refractivity (Wildman–Crippen MR) is 298 cm³/mol. The Labute approximate surface area is 437 Å². The third kappa shape index (κ3) is 7.99. The maximum absolute atomic E-state index is 6.79. The van der Waals surface area contributed by atoms with Gasteiger partial charge in [-0.1, -0.05) is 189 Å². The number of hydrogen-bond acceptors (Lipinski definition) is 3. The van der Waals surface area contributed by atoms with Crippen LogP contribution < -0.4 is 9.64 Å². The monoisotopic (exact) mass is 1120 g/mol. The zero-order valence-corrected chi connectivity index (χ0v) is 44.6. The Balaban J connectivity index is 0.00000560. The molecule has 8 aromatic carbocycles. The Morgan fingerprint density at radius 3 is 1.78 bits per heavy atom. The van der Waals surface area contributed by atoms with E-state index in [4.69, 9.17) is 9.72 Å². The first kappa shape index (κ1) is 47.0. The summed E-state index contributed by atoms with van der Waals surface area (Å²) in [6, 6.07) is 69.1. The summed E-state index contributed by atoms with van der Waals surface area (Å²) in [4.78, 5) is 7.17. The van der Waals surface area contributed by atoms with Gasteiger partial charge in [0.1, 0.15) is 5.82 Å². The number of para-hydroxylation sites is 2. The summed E-state index contributed by atoms with van der Waals surface area (Å²) in [5.74, 6) is 2.04. The minimum Gasteiger partial charge on any atom is -0.509 e. The third-order valence-electron chi connectivity index (χ3n) is 14.4. The number of nitrogens with zero attached hydrogens (tertiary/aromatic N) is 4. The molecule has 0 N–H and O–H groups in total. The molecular weight excluding hydrogens is 1060 g/mol. The number of aromatic nitrogens is 3. The normalized spacial score (nSPS) is 12.8. The number of anilines is 2. The smallest absolute Gasteiger partial charge is 0.135 e. The molecule has 0 spiro atoms. The molecule has 6 heteroatoms. The van der Waals surface area contributed by atoms with Gasteiger partial charge in [0.15, 0.2) is 0 Å². The average molecular weight is 1120 g/mol. The van der Waals surface area contributed by atoms with Crippen LogP contribution in [0.25, 0.3) is 82.1 Å². The van der Waals surface area contributed by atoms with Crippen LogP contribution in [-0.2, 0) is 37.3 Å². The van der Waals surface area contributed by atoms with Crippen molar-refractivity contribution >= 4 is 76.5 Å². The van der Waals surface area contributed by atoms with E-state index in [2.05, 4.69) is 253 Å². The Morgan fingerprint density at radius 2 is 1.07 bits per heavy atom. The van der Waals surface area contributed by atoms with Crippen molar-refractivity contribution < 1.29 is 25.8 Å². The van der Waals surface area contributed by atoms with E-state index in [1.165, 1.54) is 54.7 Å². The first-order chi connectivity index (χ1) is 34.1. The molecule has 360 valence electrons. The van der Waals surface area contributed by atoms with Crippen LogP contribution in [0.4, 0.5) is 11.4 Å². The minimum absolute atomic E-state index is 0. The van der Waals surface area contributed by atoms with Gasteiger partial charge in [-0.15, -0.1) is 35.7 Å². The van der Waals surface area contributed by atoms with Gasteiger partial charge in [0.25, 0.3) is 0 Å². The zero-order chi connectivity index (χ0) is 49.0. The van der Waals surface area contributed by atoms with Crippen molar-refractivity contribution in [3.63, 3.8) is 0 Å². The SMILES string of the molecule is CC(C)(C)c1cccc(-c2cc(C(C)(C)C)cc3c4ccccc4c4ccccc4c4cccc5c4n(c23)[CH-]N5c2[c-]c(Oc3[c-]c4c(cc3)c3ccccc3n4-c3cc(C(C)(C)C)ccn3)ccc2)c1.[Pt]. The van der Waals surface area contributed by atoms with Gasteiger partial charge in [-0.3, -0.25) is 0 Å². The van der Waals surface area contributed by atoms with Crippen molar-refractivity contribution in [2.45, 2.75) is 78.6 Å². The first-order valence-corrected chi connectivity index (χ1v) is 24.8. The van der Waals surface area contributed by atoms with E-state index >= 15 is 0 Å². The Bertz CT molecular complexity index is 4020. The molecule has 0 amide bonds. The fraction of sp³-hybridized carbons (Fsp3) is 0.182. The molecule has 12 rings (SSSR count). The maximum Gasteiger partial charge on any atom is 0.135 e. The van der Waals surface area contributed by atoms with Crippen LogP contribution >= 0.6 is 0 Å². The van der Waals surface area contributed by atoms with Gasteiger partial charge >= 0.3 is 0 Å². The third-order valence-corrected chi connectivity index (χ3v) is 14.4. The van der Waals surface area contributed by atoms with Crippen LogP contribution in [0.3, 0.4) is 0 Å². The van der Waals surface area contributed by atoms with Gasteiger partial charge in [0.05, 0.1) is 0 Å². The van der Waals surface area contributed by atoms with Crippen molar-refractivity contribution in [2.75, 3.05) is 4.90 Å². The molecule has 4 heterocycles. The fourth-order valence-corrected chi connectivity index (χ4v) is 10.5. The minimum atomic E-state index is -0.122. The van der Waals surface area contributed by atoms with Crippen LogP contribution in [0.1, 0.15) is 79.0 Å². The average Bonchev–Trinajstić information content (AvgIpc) is 3.92. The van der Waals surface area contributed by atoms with Gasteiger partial charge in [0, 0.05) is 50.0 Å². The Morgan fingerprint density at radius 1 is 0.472 bits per heavy atom. The molecule has 0 bridgehead atoms. The second-order valence-corrected chi connectivity index (χ2v) is 22.2. The quantitative estimate of drug-likeness (QED) is 0.161. The van der Waals surface area contributed by atoms with Crippen molar-refractivity contribution in [1.82, 2.24) is 14.1 Å². The van der Waals surface area contributed by atoms with Gasteiger partial charge in [0.2, 0.25) is 0 Å². The summed E-state index contributed by atoms with van der Waals surface area (Å²) in [6.45, 7) is 22.8. The molecule has 5 nitrogen and oxygen atoms in total. The van der Waals surface area contributed by atoms with Crippen LogP contribution in [-0.4, -0.2) is 14.1 Å². The summed E-state index contributed by atoms with van der Waals surface area (Å²) in [5.41, 5.74) is 12.1. The van der Waals surface area contributed by atoms with Crippen LogP contribution in [0.5, 0.6) is 11.5 Å². The Kier molecular flexibility index (Phi) is 11.4. The van der Waals surface area contributed by atoms with E-state index in [1.54, 1.807) is 0 Å². The molecule has 0 saturated carbocycles.